The van der Waals surface area contributed by atoms with Crippen LogP contribution in [0.25, 0.3) is 10.8 Å². The molecule has 2 aromatic carbocycles. The molecule has 0 aliphatic carbocycles. The van der Waals surface area contributed by atoms with Gasteiger partial charge in [0.15, 0.2) is 0 Å². The fourth-order valence-electron chi connectivity index (χ4n) is 2.91. The highest BCUT2D eigenvalue weighted by atomic mass is 19.1. The van der Waals surface area contributed by atoms with Crippen molar-refractivity contribution in [2.45, 2.75) is 19.5 Å². The van der Waals surface area contributed by atoms with E-state index in [0.29, 0.717) is 18.5 Å². The summed E-state index contributed by atoms with van der Waals surface area (Å²) < 4.78 is 13.6. The lowest BCUT2D eigenvalue weighted by Crippen LogP contribution is -2.28. The number of carbonyl (C=O) groups excluding carboxylic acids is 1. The molecule has 0 radical (unpaired) electrons. The van der Waals surface area contributed by atoms with E-state index in [1.807, 2.05) is 31.4 Å². The summed E-state index contributed by atoms with van der Waals surface area (Å²) in [5, 5.41) is 5.07. The topological polar surface area (TPSA) is 45.2 Å². The van der Waals surface area contributed by atoms with Crippen molar-refractivity contribution in [2.75, 3.05) is 13.6 Å². The zero-order chi connectivity index (χ0) is 18.4. The van der Waals surface area contributed by atoms with Gasteiger partial charge in [0.05, 0.1) is 0 Å². The van der Waals surface area contributed by atoms with Crippen LogP contribution in [0.15, 0.2) is 60.9 Å². The molecule has 0 saturated carbocycles. The van der Waals surface area contributed by atoms with Gasteiger partial charge in [0, 0.05) is 49.4 Å². The average Bonchev–Trinajstić information content (AvgIpc) is 2.66. The van der Waals surface area contributed by atoms with Crippen LogP contribution >= 0.6 is 0 Å². The molecule has 0 atom stereocenters. The van der Waals surface area contributed by atoms with Gasteiger partial charge in [-0.1, -0.05) is 36.4 Å². The maximum Gasteiger partial charge on any atom is 0.221 e. The van der Waals surface area contributed by atoms with E-state index in [-0.39, 0.29) is 18.3 Å². The number of hydrogen-bond acceptors (Lipinski definition) is 3. The van der Waals surface area contributed by atoms with Gasteiger partial charge in [-0.2, -0.15) is 0 Å². The van der Waals surface area contributed by atoms with Gasteiger partial charge < -0.3 is 10.2 Å². The fraction of sp³-hybridized carbons (Fsp3) is 0.238. The van der Waals surface area contributed by atoms with Crippen molar-refractivity contribution in [1.29, 1.82) is 0 Å². The molecule has 0 aliphatic rings. The van der Waals surface area contributed by atoms with Gasteiger partial charge in [-0.3, -0.25) is 9.78 Å². The summed E-state index contributed by atoms with van der Waals surface area (Å²) in [5.74, 6) is -0.377. The van der Waals surface area contributed by atoms with Crippen LogP contribution in [-0.4, -0.2) is 29.4 Å². The van der Waals surface area contributed by atoms with Crippen LogP contribution in [0.2, 0.25) is 0 Å². The minimum atomic E-state index is -0.296. The van der Waals surface area contributed by atoms with E-state index in [1.165, 1.54) is 17.0 Å². The number of amides is 1. The first kappa shape index (κ1) is 18.0. The van der Waals surface area contributed by atoms with Crippen molar-refractivity contribution in [1.82, 2.24) is 15.2 Å². The van der Waals surface area contributed by atoms with Crippen molar-refractivity contribution in [2.24, 2.45) is 0 Å². The summed E-state index contributed by atoms with van der Waals surface area (Å²) >= 11 is 0. The summed E-state index contributed by atoms with van der Waals surface area (Å²) in [6, 6.07) is 14.6. The van der Waals surface area contributed by atoms with E-state index in [1.54, 1.807) is 24.4 Å². The summed E-state index contributed by atoms with van der Waals surface area (Å²) in [4.78, 5) is 18.3. The van der Waals surface area contributed by atoms with Gasteiger partial charge in [0.25, 0.3) is 0 Å². The Morgan fingerprint density at radius 1 is 1.12 bits per heavy atom. The molecule has 4 nitrogen and oxygen atoms in total. The van der Waals surface area contributed by atoms with Gasteiger partial charge in [0.1, 0.15) is 5.82 Å². The van der Waals surface area contributed by atoms with Crippen LogP contribution in [0.3, 0.4) is 0 Å². The molecule has 3 rings (SSSR count). The number of carbonyl (C=O) groups is 1. The van der Waals surface area contributed by atoms with E-state index in [4.69, 9.17) is 0 Å². The first-order valence-corrected chi connectivity index (χ1v) is 8.64. The zero-order valence-electron chi connectivity index (χ0n) is 14.8. The van der Waals surface area contributed by atoms with Gasteiger partial charge >= 0.3 is 0 Å². The standard InChI is InChI=1S/C21H22FN3O/c1-25(15-18-7-4-6-16-13-23-11-9-19(16)18)12-10-21(26)24-14-17-5-2-3-8-20(17)22/h2-9,11,13H,10,12,14-15H2,1H3,(H,24,26). The lowest BCUT2D eigenvalue weighted by Gasteiger charge is -2.17. The molecular formula is C21H22FN3O. The average molecular weight is 351 g/mol. The monoisotopic (exact) mass is 351 g/mol. The van der Waals surface area contributed by atoms with E-state index >= 15 is 0 Å². The minimum Gasteiger partial charge on any atom is -0.352 e. The third kappa shape index (κ3) is 4.64. The Kier molecular flexibility index (Phi) is 5.92. The molecule has 1 amide bonds. The predicted molar refractivity (Wildman–Crippen MR) is 101 cm³/mol. The second-order valence-electron chi connectivity index (χ2n) is 6.37. The van der Waals surface area contributed by atoms with E-state index < -0.39 is 0 Å². The van der Waals surface area contributed by atoms with E-state index in [9.17, 15) is 9.18 Å². The number of nitrogens with one attached hydrogen (secondary N) is 1. The number of benzene rings is 2. The molecule has 26 heavy (non-hydrogen) atoms. The fourth-order valence-corrected chi connectivity index (χ4v) is 2.91. The van der Waals surface area contributed by atoms with Crippen molar-refractivity contribution >= 4 is 16.7 Å². The lowest BCUT2D eigenvalue weighted by atomic mass is 10.1. The summed E-state index contributed by atoms with van der Waals surface area (Å²) in [6.07, 6.45) is 4.02. The maximum atomic E-state index is 13.6. The first-order valence-electron chi connectivity index (χ1n) is 8.64. The number of pyridine rings is 1. The minimum absolute atomic E-state index is 0.0813. The number of rotatable bonds is 7. The summed E-state index contributed by atoms with van der Waals surface area (Å²) in [5.41, 5.74) is 1.71. The smallest absolute Gasteiger partial charge is 0.221 e. The maximum absolute atomic E-state index is 13.6. The molecule has 134 valence electrons. The number of fused-ring (bicyclic) bond motifs is 1. The van der Waals surface area contributed by atoms with Crippen LogP contribution in [0.5, 0.6) is 0 Å². The van der Waals surface area contributed by atoms with Crippen molar-refractivity contribution in [3.05, 3.63) is 77.9 Å². The third-order valence-electron chi connectivity index (χ3n) is 4.37. The Labute approximate surface area is 152 Å². The number of aromatic nitrogens is 1. The van der Waals surface area contributed by atoms with Gasteiger partial charge in [-0.25, -0.2) is 4.39 Å². The molecule has 0 spiro atoms. The Morgan fingerprint density at radius 3 is 2.77 bits per heavy atom. The molecule has 0 aliphatic heterocycles. The largest absolute Gasteiger partial charge is 0.352 e. The number of hydrogen-bond donors (Lipinski definition) is 1. The van der Waals surface area contributed by atoms with Crippen LogP contribution in [0.4, 0.5) is 4.39 Å². The number of halogens is 1. The van der Waals surface area contributed by atoms with Crippen molar-refractivity contribution in [3.63, 3.8) is 0 Å². The van der Waals surface area contributed by atoms with Crippen molar-refractivity contribution in [3.8, 4) is 0 Å². The molecule has 5 heteroatoms. The third-order valence-corrected chi connectivity index (χ3v) is 4.37. The van der Waals surface area contributed by atoms with E-state index in [0.717, 1.165) is 11.9 Å². The second kappa shape index (κ2) is 8.54. The predicted octanol–water partition coefficient (Wildman–Crippen LogP) is 3.51. The van der Waals surface area contributed by atoms with Gasteiger partial charge in [0.2, 0.25) is 5.91 Å². The lowest BCUT2D eigenvalue weighted by molar-refractivity contribution is -0.121. The number of nitrogens with zero attached hydrogens (tertiary/aromatic N) is 2. The molecule has 0 saturated heterocycles. The molecular weight excluding hydrogens is 329 g/mol. The highest BCUT2D eigenvalue weighted by Crippen LogP contribution is 2.18. The first-order chi connectivity index (χ1) is 12.6. The molecule has 1 heterocycles. The van der Waals surface area contributed by atoms with Gasteiger partial charge in [-0.05, 0) is 30.1 Å². The molecule has 3 aromatic rings. The Balaban J connectivity index is 1.50. The van der Waals surface area contributed by atoms with E-state index in [2.05, 4.69) is 21.3 Å². The van der Waals surface area contributed by atoms with Crippen LogP contribution in [-0.2, 0) is 17.9 Å². The normalized spacial score (nSPS) is 11.0. The quantitative estimate of drug-likeness (QED) is 0.708. The zero-order valence-corrected chi connectivity index (χ0v) is 14.8. The highest BCUT2D eigenvalue weighted by molar-refractivity contribution is 5.84. The molecule has 0 fully saturated rings. The summed E-state index contributed by atoms with van der Waals surface area (Å²) in [6.45, 7) is 1.60. The van der Waals surface area contributed by atoms with Crippen LogP contribution in [0, 0.1) is 5.82 Å². The highest BCUT2D eigenvalue weighted by Gasteiger charge is 2.08. The van der Waals surface area contributed by atoms with Crippen molar-refractivity contribution < 1.29 is 9.18 Å². The summed E-state index contributed by atoms with van der Waals surface area (Å²) in [7, 11) is 1.99. The molecule has 1 aromatic heterocycles. The SMILES string of the molecule is CN(CCC(=O)NCc1ccccc1F)Cc1cccc2cnccc12. The Bertz CT molecular complexity index is 892. The molecule has 0 bridgehead atoms. The van der Waals surface area contributed by atoms with Crippen LogP contribution < -0.4 is 5.32 Å². The Hall–Kier alpha value is -2.79. The van der Waals surface area contributed by atoms with Crippen LogP contribution in [0.1, 0.15) is 17.5 Å². The Morgan fingerprint density at radius 2 is 1.92 bits per heavy atom. The van der Waals surface area contributed by atoms with Gasteiger partial charge in [-0.15, -0.1) is 0 Å². The molecule has 1 N–H and O–H groups in total. The molecule has 0 unspecified atom stereocenters. The second-order valence-corrected chi connectivity index (χ2v) is 6.37.